The summed E-state index contributed by atoms with van der Waals surface area (Å²) in [6.07, 6.45) is 3.61. The maximum Gasteiger partial charge on any atom is 0.0996 e. The second kappa shape index (κ2) is 4.87. The van der Waals surface area contributed by atoms with Crippen molar-refractivity contribution in [1.29, 1.82) is 0 Å². The molecule has 3 heterocycles. The van der Waals surface area contributed by atoms with Crippen LogP contribution in [0.3, 0.4) is 0 Å². The summed E-state index contributed by atoms with van der Waals surface area (Å²) in [6, 6.07) is 20.8. The highest BCUT2D eigenvalue weighted by Gasteiger charge is 2.25. The van der Waals surface area contributed by atoms with Gasteiger partial charge in [0.25, 0.3) is 0 Å². The summed E-state index contributed by atoms with van der Waals surface area (Å²) in [7, 11) is 0. The van der Waals surface area contributed by atoms with Gasteiger partial charge in [0, 0.05) is 39.7 Å². The van der Waals surface area contributed by atoms with Gasteiger partial charge in [-0.1, -0.05) is 36.4 Å². The molecule has 1 aliphatic carbocycles. The molecule has 0 aliphatic heterocycles. The van der Waals surface area contributed by atoms with E-state index >= 15 is 0 Å². The topological polar surface area (TPSA) is 51.6 Å². The average Bonchev–Trinajstić information content (AvgIpc) is 3.08. The largest absolute Gasteiger partial charge is 0.254 e. The standard InChI is InChI=1S/C24H12N4/c1-5-13-6-2-8-15-18(13)14(7-1)21-22(15)28-24-17-10-4-12-26-20(17)19-16(23(24)27-21)9-3-11-25-19/h1-12H. The summed E-state index contributed by atoms with van der Waals surface area (Å²) in [6.45, 7) is 0. The van der Waals surface area contributed by atoms with Crippen molar-refractivity contribution in [2.24, 2.45) is 0 Å². The number of hydrogen-bond donors (Lipinski definition) is 0. The van der Waals surface area contributed by atoms with E-state index in [0.29, 0.717) is 0 Å². The summed E-state index contributed by atoms with van der Waals surface area (Å²) >= 11 is 0. The maximum atomic E-state index is 5.14. The summed E-state index contributed by atoms with van der Waals surface area (Å²) in [4.78, 5) is 19.5. The van der Waals surface area contributed by atoms with Crippen molar-refractivity contribution < 1.29 is 0 Å². The van der Waals surface area contributed by atoms with E-state index in [1.165, 1.54) is 10.8 Å². The fourth-order valence-corrected chi connectivity index (χ4v) is 4.49. The molecule has 0 unspecified atom stereocenters. The molecule has 3 aromatic heterocycles. The number of aromatic nitrogens is 4. The number of hydrogen-bond acceptors (Lipinski definition) is 4. The van der Waals surface area contributed by atoms with Crippen LogP contribution >= 0.6 is 0 Å². The van der Waals surface area contributed by atoms with Crippen LogP contribution in [-0.4, -0.2) is 19.9 Å². The quantitative estimate of drug-likeness (QED) is 0.335. The average molecular weight is 356 g/mol. The predicted molar refractivity (Wildman–Crippen MR) is 112 cm³/mol. The monoisotopic (exact) mass is 356 g/mol. The second-order valence-electron chi connectivity index (χ2n) is 7.13. The third-order valence-electron chi connectivity index (χ3n) is 5.66. The highest BCUT2D eigenvalue weighted by molar-refractivity contribution is 6.22. The molecule has 0 fully saturated rings. The fraction of sp³-hybridized carbons (Fsp3) is 0. The molecule has 3 aromatic carbocycles. The highest BCUT2D eigenvalue weighted by atomic mass is 14.9. The smallest absolute Gasteiger partial charge is 0.0996 e. The van der Waals surface area contributed by atoms with Crippen LogP contribution in [0.5, 0.6) is 0 Å². The molecule has 0 radical (unpaired) electrons. The van der Waals surface area contributed by atoms with Gasteiger partial charge < -0.3 is 0 Å². The number of pyridine rings is 2. The minimum Gasteiger partial charge on any atom is -0.254 e. The van der Waals surface area contributed by atoms with Crippen LogP contribution < -0.4 is 0 Å². The van der Waals surface area contributed by atoms with Crippen LogP contribution in [0, 0.1) is 0 Å². The molecule has 7 rings (SSSR count). The van der Waals surface area contributed by atoms with Gasteiger partial charge in [-0.25, -0.2) is 9.97 Å². The van der Waals surface area contributed by atoms with Gasteiger partial charge >= 0.3 is 0 Å². The van der Waals surface area contributed by atoms with Crippen LogP contribution in [0.2, 0.25) is 0 Å². The number of benzene rings is 3. The van der Waals surface area contributed by atoms with Gasteiger partial charge in [-0.3, -0.25) is 9.97 Å². The molecule has 4 nitrogen and oxygen atoms in total. The molecular formula is C24H12N4. The zero-order chi connectivity index (χ0) is 18.2. The van der Waals surface area contributed by atoms with Crippen LogP contribution in [-0.2, 0) is 0 Å². The van der Waals surface area contributed by atoms with Crippen molar-refractivity contribution in [1.82, 2.24) is 19.9 Å². The first-order chi connectivity index (χ1) is 13.9. The lowest BCUT2D eigenvalue weighted by Crippen LogP contribution is -1.95. The van der Waals surface area contributed by atoms with E-state index in [0.717, 1.165) is 55.4 Å². The highest BCUT2D eigenvalue weighted by Crippen LogP contribution is 2.46. The Morgan fingerprint density at radius 1 is 0.500 bits per heavy atom. The van der Waals surface area contributed by atoms with Gasteiger partial charge in [-0.15, -0.1) is 0 Å². The van der Waals surface area contributed by atoms with Gasteiger partial charge in [0.1, 0.15) is 0 Å². The van der Waals surface area contributed by atoms with Crippen molar-refractivity contribution in [2.45, 2.75) is 0 Å². The molecule has 0 spiro atoms. The van der Waals surface area contributed by atoms with Gasteiger partial charge in [0.05, 0.1) is 33.5 Å². The van der Waals surface area contributed by atoms with Crippen LogP contribution in [0.25, 0.3) is 66.1 Å². The van der Waals surface area contributed by atoms with Gasteiger partial charge in [0.15, 0.2) is 0 Å². The lowest BCUT2D eigenvalue weighted by molar-refractivity contribution is 1.32. The molecule has 1 aliphatic rings. The van der Waals surface area contributed by atoms with Crippen LogP contribution in [0.4, 0.5) is 0 Å². The number of nitrogens with zero attached hydrogens (tertiary/aromatic N) is 4. The van der Waals surface area contributed by atoms with Crippen molar-refractivity contribution in [3.05, 3.63) is 73.1 Å². The van der Waals surface area contributed by atoms with Crippen molar-refractivity contribution in [3.8, 4) is 22.5 Å². The maximum absolute atomic E-state index is 5.14. The third-order valence-corrected chi connectivity index (χ3v) is 5.66. The number of fused-ring (bicyclic) bond motifs is 9. The molecule has 0 saturated heterocycles. The lowest BCUT2D eigenvalue weighted by atomic mass is 10.0. The minimum absolute atomic E-state index is 0.869. The molecule has 6 aromatic rings. The molecular weight excluding hydrogens is 344 g/mol. The molecule has 0 N–H and O–H groups in total. The van der Waals surface area contributed by atoms with E-state index in [1.807, 2.05) is 12.1 Å². The van der Waals surface area contributed by atoms with E-state index in [4.69, 9.17) is 9.97 Å². The van der Waals surface area contributed by atoms with Crippen molar-refractivity contribution in [2.75, 3.05) is 0 Å². The zero-order valence-electron chi connectivity index (χ0n) is 14.7. The minimum atomic E-state index is 0.869. The fourth-order valence-electron chi connectivity index (χ4n) is 4.49. The molecule has 28 heavy (non-hydrogen) atoms. The Morgan fingerprint density at radius 2 is 1.04 bits per heavy atom. The van der Waals surface area contributed by atoms with Crippen LogP contribution in [0.1, 0.15) is 0 Å². The number of rotatable bonds is 0. The molecule has 4 heteroatoms. The Kier molecular flexibility index (Phi) is 2.46. The predicted octanol–water partition coefficient (Wildman–Crippen LogP) is 5.53. The molecule has 0 amide bonds. The summed E-state index contributed by atoms with van der Waals surface area (Å²) in [5.41, 5.74) is 7.71. The van der Waals surface area contributed by atoms with E-state index in [-0.39, 0.29) is 0 Å². The molecule has 0 atom stereocenters. The zero-order valence-corrected chi connectivity index (χ0v) is 14.7. The van der Waals surface area contributed by atoms with E-state index < -0.39 is 0 Å². The Morgan fingerprint density at radius 3 is 1.57 bits per heavy atom. The van der Waals surface area contributed by atoms with Crippen molar-refractivity contribution >= 4 is 43.6 Å². The van der Waals surface area contributed by atoms with Crippen molar-refractivity contribution in [3.63, 3.8) is 0 Å². The van der Waals surface area contributed by atoms with Gasteiger partial charge in [-0.2, -0.15) is 0 Å². The Bertz CT molecular complexity index is 1500. The van der Waals surface area contributed by atoms with E-state index in [9.17, 15) is 0 Å². The first kappa shape index (κ1) is 14.2. The SMILES string of the molecule is c1cc2c3c(cccc3c1)-c1nc3c4cccnc4c4ncccc4c3nc1-2. The van der Waals surface area contributed by atoms with Gasteiger partial charge in [-0.05, 0) is 29.7 Å². The normalized spacial score (nSPS) is 12.3. The van der Waals surface area contributed by atoms with Crippen LogP contribution in [0.15, 0.2) is 73.1 Å². The first-order valence-corrected chi connectivity index (χ1v) is 9.26. The summed E-state index contributed by atoms with van der Waals surface area (Å²) < 4.78 is 0. The Balaban J connectivity index is 1.76. The molecule has 0 saturated carbocycles. The summed E-state index contributed by atoms with van der Waals surface area (Å²) in [5.74, 6) is 0. The molecule has 128 valence electrons. The van der Waals surface area contributed by atoms with E-state index in [2.05, 4.69) is 58.5 Å². The first-order valence-electron chi connectivity index (χ1n) is 9.26. The Labute approximate surface area is 159 Å². The van der Waals surface area contributed by atoms with E-state index in [1.54, 1.807) is 12.4 Å². The van der Waals surface area contributed by atoms with Gasteiger partial charge in [0.2, 0.25) is 0 Å². The third kappa shape index (κ3) is 1.61. The molecule has 0 bridgehead atoms. The Hall–Kier alpha value is -3.92. The second-order valence-corrected chi connectivity index (χ2v) is 7.13. The lowest BCUT2D eigenvalue weighted by Gasteiger charge is -2.09. The summed E-state index contributed by atoms with van der Waals surface area (Å²) in [5, 5.41) is 4.43.